The molecule has 4 heteroatoms. The van der Waals surface area contributed by atoms with Crippen molar-refractivity contribution < 1.29 is 17.9 Å². The van der Waals surface area contributed by atoms with Gasteiger partial charge < -0.3 is 4.74 Å². The summed E-state index contributed by atoms with van der Waals surface area (Å²) < 4.78 is 40.3. The highest BCUT2D eigenvalue weighted by Crippen LogP contribution is 2.41. The fraction of sp³-hybridized carbons (Fsp3) is 1.00. The van der Waals surface area contributed by atoms with Gasteiger partial charge in [0.05, 0.1) is 0 Å². The highest BCUT2D eigenvalue weighted by molar-refractivity contribution is 4.97. The second-order valence-electron chi connectivity index (χ2n) is 2.14. The number of ether oxygens (including phenoxy) is 1. The van der Waals surface area contributed by atoms with E-state index in [9.17, 15) is 13.2 Å². The maximum Gasteiger partial charge on any atom is 0.283 e. The van der Waals surface area contributed by atoms with Gasteiger partial charge in [0, 0.05) is 13.5 Å². The van der Waals surface area contributed by atoms with E-state index >= 15 is 0 Å². The molecule has 1 saturated carbocycles. The first-order chi connectivity index (χ1) is 4.08. The lowest BCUT2D eigenvalue weighted by molar-refractivity contribution is -0.217. The second kappa shape index (κ2) is 1.87. The molecule has 0 aromatic heterocycles. The zero-order valence-corrected chi connectivity index (χ0v) is 4.90. The lowest BCUT2D eigenvalue weighted by atomic mass is 9.88. The lowest BCUT2D eigenvalue weighted by Gasteiger charge is -2.37. The molecular formula is C5H7F3O. The summed E-state index contributed by atoms with van der Waals surface area (Å²) in [4.78, 5) is 0. The largest absolute Gasteiger partial charge is 0.378 e. The summed E-state index contributed by atoms with van der Waals surface area (Å²) in [5.74, 6) is -3.14. The van der Waals surface area contributed by atoms with Crippen LogP contribution in [0.5, 0.6) is 0 Å². The third kappa shape index (κ3) is 0.913. The Balaban J connectivity index is 2.41. The quantitative estimate of drug-likeness (QED) is 0.534. The van der Waals surface area contributed by atoms with E-state index in [1.54, 1.807) is 0 Å². The minimum absolute atomic E-state index is 0.481. The molecule has 0 saturated heterocycles. The molecule has 9 heavy (non-hydrogen) atoms. The molecule has 1 nitrogen and oxygen atoms in total. The molecule has 0 aromatic carbocycles. The van der Waals surface area contributed by atoms with E-state index in [1.807, 2.05) is 0 Å². The van der Waals surface area contributed by atoms with Crippen LogP contribution in [0.4, 0.5) is 13.2 Å². The van der Waals surface area contributed by atoms with Crippen LogP contribution < -0.4 is 0 Å². The molecule has 0 bridgehead atoms. The van der Waals surface area contributed by atoms with Crippen molar-refractivity contribution in [3.05, 3.63) is 0 Å². The molecule has 0 aromatic rings. The zero-order valence-electron chi connectivity index (χ0n) is 4.90. The smallest absolute Gasteiger partial charge is 0.283 e. The van der Waals surface area contributed by atoms with Gasteiger partial charge in [-0.05, 0) is 0 Å². The van der Waals surface area contributed by atoms with Crippen LogP contribution in [-0.4, -0.2) is 25.3 Å². The van der Waals surface area contributed by atoms with Gasteiger partial charge >= 0.3 is 0 Å². The summed E-state index contributed by atoms with van der Waals surface area (Å²) in [5.41, 5.74) is 0. The van der Waals surface area contributed by atoms with Crippen LogP contribution in [0.2, 0.25) is 0 Å². The van der Waals surface area contributed by atoms with Gasteiger partial charge in [-0.1, -0.05) is 0 Å². The van der Waals surface area contributed by atoms with Crippen LogP contribution in [0, 0.1) is 0 Å². The van der Waals surface area contributed by atoms with Crippen molar-refractivity contribution in [2.24, 2.45) is 0 Å². The molecule has 0 N–H and O–H groups in total. The molecule has 1 rings (SSSR count). The Hall–Kier alpha value is -0.250. The van der Waals surface area contributed by atoms with Gasteiger partial charge in [0.2, 0.25) is 0 Å². The minimum atomic E-state index is -3.14. The van der Waals surface area contributed by atoms with E-state index in [0.29, 0.717) is 0 Å². The highest BCUT2D eigenvalue weighted by atomic mass is 19.3. The number of methoxy groups -OCH3 is 1. The van der Waals surface area contributed by atoms with Crippen molar-refractivity contribution in [3.8, 4) is 0 Å². The molecule has 0 amide bonds. The third-order valence-corrected chi connectivity index (χ3v) is 1.51. The van der Waals surface area contributed by atoms with Crippen molar-refractivity contribution >= 4 is 0 Å². The summed E-state index contributed by atoms with van der Waals surface area (Å²) >= 11 is 0. The van der Waals surface area contributed by atoms with Gasteiger partial charge in [-0.2, -0.15) is 0 Å². The van der Waals surface area contributed by atoms with E-state index in [1.165, 1.54) is 7.11 Å². The summed E-state index contributed by atoms with van der Waals surface area (Å²) in [6, 6.07) is 0. The topological polar surface area (TPSA) is 9.23 Å². The Labute approximate surface area is 50.8 Å². The molecule has 0 radical (unpaired) electrons. The predicted molar refractivity (Wildman–Crippen MR) is 25.3 cm³/mol. The standard InChI is InChI=1S/C5H7F3O/c1-9-3-2-5(7,8)4(3)6/h3-4H,2H2,1H3. The normalized spacial score (nSPS) is 40.0. The van der Waals surface area contributed by atoms with E-state index < -0.39 is 24.6 Å². The number of alkyl halides is 3. The lowest BCUT2D eigenvalue weighted by Crippen LogP contribution is -2.54. The summed E-state index contributed by atoms with van der Waals surface area (Å²) in [6.07, 6.45) is -3.47. The van der Waals surface area contributed by atoms with Crippen LogP contribution in [-0.2, 0) is 4.74 Å². The Kier molecular flexibility index (Phi) is 1.42. The molecule has 0 spiro atoms. The third-order valence-electron chi connectivity index (χ3n) is 1.51. The van der Waals surface area contributed by atoms with Crippen molar-refractivity contribution in [2.45, 2.75) is 24.6 Å². The predicted octanol–water partition coefficient (Wildman–Crippen LogP) is 1.38. The van der Waals surface area contributed by atoms with Gasteiger partial charge in [0.1, 0.15) is 6.10 Å². The number of hydrogen-bond acceptors (Lipinski definition) is 1. The molecule has 0 heterocycles. The maximum atomic E-state index is 12.1. The van der Waals surface area contributed by atoms with Crippen LogP contribution in [0.1, 0.15) is 6.42 Å². The average Bonchev–Trinajstić information content (AvgIpc) is 1.82. The van der Waals surface area contributed by atoms with E-state index in [0.717, 1.165) is 0 Å². The van der Waals surface area contributed by atoms with Crippen LogP contribution >= 0.6 is 0 Å². The molecule has 2 atom stereocenters. The molecule has 1 fully saturated rings. The van der Waals surface area contributed by atoms with Crippen LogP contribution in [0.3, 0.4) is 0 Å². The van der Waals surface area contributed by atoms with Gasteiger partial charge in [-0.3, -0.25) is 0 Å². The Bertz CT molecular complexity index is 115. The summed E-state index contributed by atoms with van der Waals surface area (Å²) in [7, 11) is 1.23. The van der Waals surface area contributed by atoms with Gasteiger partial charge in [-0.25, -0.2) is 13.2 Å². The minimum Gasteiger partial charge on any atom is -0.378 e. The fourth-order valence-electron chi connectivity index (χ4n) is 0.799. The van der Waals surface area contributed by atoms with E-state index in [-0.39, 0.29) is 0 Å². The highest BCUT2D eigenvalue weighted by Gasteiger charge is 2.57. The SMILES string of the molecule is COC1CC(F)(F)C1F. The van der Waals surface area contributed by atoms with Crippen molar-refractivity contribution in [1.29, 1.82) is 0 Å². The fourth-order valence-corrected chi connectivity index (χ4v) is 0.799. The Morgan fingerprint density at radius 1 is 1.56 bits per heavy atom. The maximum absolute atomic E-state index is 12.1. The van der Waals surface area contributed by atoms with E-state index in [4.69, 9.17) is 0 Å². The van der Waals surface area contributed by atoms with Crippen LogP contribution in [0.15, 0.2) is 0 Å². The van der Waals surface area contributed by atoms with Crippen molar-refractivity contribution in [3.63, 3.8) is 0 Å². The number of hydrogen-bond donors (Lipinski definition) is 0. The molecule has 0 aliphatic heterocycles. The monoisotopic (exact) mass is 140 g/mol. The summed E-state index contributed by atoms with van der Waals surface area (Å²) in [5, 5.41) is 0. The molecule has 1 aliphatic rings. The molecule has 54 valence electrons. The summed E-state index contributed by atoms with van der Waals surface area (Å²) in [6.45, 7) is 0. The van der Waals surface area contributed by atoms with Crippen LogP contribution in [0.25, 0.3) is 0 Å². The number of halogens is 3. The molecular weight excluding hydrogens is 133 g/mol. The molecule has 2 unspecified atom stereocenters. The van der Waals surface area contributed by atoms with Crippen molar-refractivity contribution in [1.82, 2.24) is 0 Å². The van der Waals surface area contributed by atoms with Gasteiger partial charge in [0.25, 0.3) is 5.92 Å². The average molecular weight is 140 g/mol. The first kappa shape index (κ1) is 6.86. The first-order valence-electron chi connectivity index (χ1n) is 2.62. The first-order valence-corrected chi connectivity index (χ1v) is 2.62. The van der Waals surface area contributed by atoms with E-state index in [2.05, 4.69) is 4.74 Å². The Morgan fingerprint density at radius 2 is 2.11 bits per heavy atom. The Morgan fingerprint density at radius 3 is 2.22 bits per heavy atom. The van der Waals surface area contributed by atoms with Crippen molar-refractivity contribution in [2.75, 3.05) is 7.11 Å². The second-order valence-corrected chi connectivity index (χ2v) is 2.14. The number of rotatable bonds is 1. The van der Waals surface area contributed by atoms with Gasteiger partial charge in [-0.15, -0.1) is 0 Å². The zero-order chi connectivity index (χ0) is 7.07. The molecule has 1 aliphatic carbocycles. The van der Waals surface area contributed by atoms with Gasteiger partial charge in [0.15, 0.2) is 6.17 Å².